The first-order chi connectivity index (χ1) is 9.25. The van der Waals surface area contributed by atoms with E-state index in [1.807, 2.05) is 18.2 Å². The SMILES string of the molecule is Nc1cccc2c1CCN(C(=O)C1=COCCO1)C2. The van der Waals surface area contributed by atoms with Gasteiger partial charge >= 0.3 is 0 Å². The summed E-state index contributed by atoms with van der Waals surface area (Å²) in [6, 6.07) is 5.83. The number of nitrogen functional groups attached to an aromatic ring is 1. The standard InChI is InChI=1S/C14H16N2O3/c15-12-3-1-2-10-8-16(5-4-11(10)12)14(17)13-9-18-6-7-19-13/h1-3,9H,4-8,15H2. The van der Waals surface area contributed by atoms with Crippen LogP contribution in [0.2, 0.25) is 0 Å². The summed E-state index contributed by atoms with van der Waals surface area (Å²) < 4.78 is 10.5. The molecule has 2 N–H and O–H groups in total. The molecule has 3 rings (SSSR count). The van der Waals surface area contributed by atoms with E-state index in [0.29, 0.717) is 32.1 Å². The Morgan fingerprint density at radius 3 is 3.00 bits per heavy atom. The van der Waals surface area contributed by atoms with Crippen molar-refractivity contribution in [3.05, 3.63) is 41.3 Å². The maximum absolute atomic E-state index is 12.3. The predicted molar refractivity (Wildman–Crippen MR) is 70.0 cm³/mol. The smallest absolute Gasteiger partial charge is 0.292 e. The minimum Gasteiger partial charge on any atom is -0.494 e. The van der Waals surface area contributed by atoms with E-state index < -0.39 is 0 Å². The Morgan fingerprint density at radius 1 is 1.32 bits per heavy atom. The van der Waals surface area contributed by atoms with E-state index in [4.69, 9.17) is 15.2 Å². The highest BCUT2D eigenvalue weighted by Gasteiger charge is 2.26. The zero-order valence-electron chi connectivity index (χ0n) is 10.6. The van der Waals surface area contributed by atoms with Gasteiger partial charge in [0.05, 0.1) is 0 Å². The van der Waals surface area contributed by atoms with Gasteiger partial charge in [0.15, 0.2) is 0 Å². The third-order valence-electron chi connectivity index (χ3n) is 3.45. The first-order valence-electron chi connectivity index (χ1n) is 6.36. The first-order valence-corrected chi connectivity index (χ1v) is 6.36. The molecule has 2 heterocycles. The normalized spacial score (nSPS) is 17.9. The van der Waals surface area contributed by atoms with Gasteiger partial charge in [0.2, 0.25) is 5.76 Å². The predicted octanol–water partition coefficient (Wildman–Crippen LogP) is 1.04. The minimum atomic E-state index is -0.118. The monoisotopic (exact) mass is 260 g/mol. The number of hydrogen-bond acceptors (Lipinski definition) is 4. The van der Waals surface area contributed by atoms with Crippen LogP contribution in [0.15, 0.2) is 30.2 Å². The van der Waals surface area contributed by atoms with Gasteiger partial charge in [-0.05, 0) is 23.6 Å². The van der Waals surface area contributed by atoms with Gasteiger partial charge in [0.25, 0.3) is 5.91 Å². The van der Waals surface area contributed by atoms with Crippen molar-refractivity contribution < 1.29 is 14.3 Å². The summed E-state index contributed by atoms with van der Waals surface area (Å²) in [7, 11) is 0. The molecule has 1 aromatic carbocycles. The van der Waals surface area contributed by atoms with E-state index in [2.05, 4.69) is 0 Å². The van der Waals surface area contributed by atoms with Crippen LogP contribution in [0, 0.1) is 0 Å². The number of anilines is 1. The maximum atomic E-state index is 12.3. The summed E-state index contributed by atoms with van der Waals surface area (Å²) in [6.45, 7) is 2.14. The molecule has 0 atom stereocenters. The Balaban J connectivity index is 1.78. The molecule has 0 bridgehead atoms. The van der Waals surface area contributed by atoms with Crippen LogP contribution in [0.1, 0.15) is 11.1 Å². The largest absolute Gasteiger partial charge is 0.494 e. The molecule has 1 aromatic rings. The minimum absolute atomic E-state index is 0.118. The maximum Gasteiger partial charge on any atom is 0.292 e. The quantitative estimate of drug-likeness (QED) is 0.766. The molecule has 19 heavy (non-hydrogen) atoms. The molecular formula is C14H16N2O3. The molecule has 0 aliphatic carbocycles. The number of fused-ring (bicyclic) bond motifs is 1. The van der Waals surface area contributed by atoms with E-state index in [1.54, 1.807) is 4.90 Å². The zero-order chi connectivity index (χ0) is 13.2. The number of carbonyl (C=O) groups excluding carboxylic acids is 1. The number of hydrogen-bond donors (Lipinski definition) is 1. The van der Waals surface area contributed by atoms with Crippen molar-refractivity contribution in [2.75, 3.05) is 25.5 Å². The number of rotatable bonds is 1. The number of nitrogens with zero attached hydrogens (tertiary/aromatic N) is 1. The molecule has 0 radical (unpaired) electrons. The Bertz CT molecular complexity index is 539. The molecule has 0 unspecified atom stereocenters. The molecule has 2 aliphatic rings. The summed E-state index contributed by atoms with van der Waals surface area (Å²) >= 11 is 0. The molecule has 5 heteroatoms. The highest BCUT2D eigenvalue weighted by Crippen LogP contribution is 2.25. The fourth-order valence-corrected chi connectivity index (χ4v) is 2.45. The zero-order valence-corrected chi connectivity index (χ0v) is 10.6. The van der Waals surface area contributed by atoms with E-state index >= 15 is 0 Å². The molecule has 5 nitrogen and oxygen atoms in total. The highest BCUT2D eigenvalue weighted by atomic mass is 16.6. The fourth-order valence-electron chi connectivity index (χ4n) is 2.45. The lowest BCUT2D eigenvalue weighted by atomic mass is 9.98. The van der Waals surface area contributed by atoms with E-state index in [1.165, 1.54) is 6.26 Å². The van der Waals surface area contributed by atoms with E-state index in [9.17, 15) is 4.79 Å². The van der Waals surface area contributed by atoms with Crippen LogP contribution in [0.4, 0.5) is 5.69 Å². The first kappa shape index (κ1) is 11.9. The molecule has 1 amide bonds. The van der Waals surface area contributed by atoms with Crippen molar-refractivity contribution in [2.45, 2.75) is 13.0 Å². The van der Waals surface area contributed by atoms with Crippen molar-refractivity contribution in [3.63, 3.8) is 0 Å². The number of nitrogens with two attached hydrogens (primary N) is 1. The van der Waals surface area contributed by atoms with Crippen molar-refractivity contribution in [2.24, 2.45) is 0 Å². The molecular weight excluding hydrogens is 244 g/mol. The number of carbonyl (C=O) groups is 1. The van der Waals surface area contributed by atoms with Crippen LogP contribution in [-0.2, 0) is 27.2 Å². The van der Waals surface area contributed by atoms with Gasteiger partial charge in [0, 0.05) is 18.8 Å². The van der Waals surface area contributed by atoms with Crippen LogP contribution in [0.25, 0.3) is 0 Å². The van der Waals surface area contributed by atoms with Gasteiger partial charge in [-0.1, -0.05) is 12.1 Å². The summed E-state index contributed by atoms with van der Waals surface area (Å²) in [5.74, 6) is 0.173. The second-order valence-electron chi connectivity index (χ2n) is 4.66. The average Bonchev–Trinajstić information content (AvgIpc) is 2.47. The lowest BCUT2D eigenvalue weighted by molar-refractivity contribution is -0.133. The van der Waals surface area contributed by atoms with E-state index in [-0.39, 0.29) is 5.91 Å². The molecule has 100 valence electrons. The lowest BCUT2D eigenvalue weighted by Gasteiger charge is -2.30. The third-order valence-corrected chi connectivity index (χ3v) is 3.45. The third kappa shape index (κ3) is 2.23. The highest BCUT2D eigenvalue weighted by molar-refractivity contribution is 5.91. The van der Waals surface area contributed by atoms with Crippen molar-refractivity contribution in [1.82, 2.24) is 4.90 Å². The molecule has 2 aliphatic heterocycles. The molecule has 0 spiro atoms. The summed E-state index contributed by atoms with van der Waals surface area (Å²) in [4.78, 5) is 14.0. The second kappa shape index (κ2) is 4.84. The van der Waals surface area contributed by atoms with Crippen molar-refractivity contribution in [1.29, 1.82) is 0 Å². The summed E-state index contributed by atoms with van der Waals surface area (Å²) in [5, 5.41) is 0. The van der Waals surface area contributed by atoms with Gasteiger partial charge in [-0.25, -0.2) is 0 Å². The van der Waals surface area contributed by atoms with Crippen LogP contribution < -0.4 is 5.73 Å². The van der Waals surface area contributed by atoms with Crippen LogP contribution in [-0.4, -0.2) is 30.6 Å². The van der Waals surface area contributed by atoms with Gasteiger partial charge in [-0.2, -0.15) is 0 Å². The molecule has 0 aromatic heterocycles. The fraction of sp³-hybridized carbons (Fsp3) is 0.357. The van der Waals surface area contributed by atoms with Gasteiger partial charge in [-0.3, -0.25) is 4.79 Å². The van der Waals surface area contributed by atoms with Crippen LogP contribution in [0.5, 0.6) is 0 Å². The van der Waals surface area contributed by atoms with Crippen LogP contribution >= 0.6 is 0 Å². The van der Waals surface area contributed by atoms with Crippen molar-refractivity contribution in [3.8, 4) is 0 Å². The number of ether oxygens (including phenoxy) is 2. The molecule has 0 fully saturated rings. The Kier molecular flexibility index (Phi) is 3.03. The summed E-state index contributed by atoms with van der Waals surface area (Å²) in [5.41, 5.74) is 9.02. The average molecular weight is 260 g/mol. The summed E-state index contributed by atoms with van der Waals surface area (Å²) in [6.07, 6.45) is 2.18. The Morgan fingerprint density at radius 2 is 2.21 bits per heavy atom. The molecule has 0 saturated heterocycles. The van der Waals surface area contributed by atoms with Gasteiger partial charge in [-0.15, -0.1) is 0 Å². The topological polar surface area (TPSA) is 64.8 Å². The van der Waals surface area contributed by atoms with E-state index in [0.717, 1.165) is 23.2 Å². The van der Waals surface area contributed by atoms with Gasteiger partial charge < -0.3 is 20.1 Å². The number of benzene rings is 1. The van der Waals surface area contributed by atoms with Crippen molar-refractivity contribution >= 4 is 11.6 Å². The molecule has 0 saturated carbocycles. The van der Waals surface area contributed by atoms with Gasteiger partial charge in [0.1, 0.15) is 19.5 Å². The number of amides is 1. The Hall–Kier alpha value is -2.17. The Labute approximate surface area is 111 Å². The second-order valence-corrected chi connectivity index (χ2v) is 4.66. The van der Waals surface area contributed by atoms with Crippen LogP contribution in [0.3, 0.4) is 0 Å². The lowest BCUT2D eigenvalue weighted by Crippen LogP contribution is -2.38.